The van der Waals surface area contributed by atoms with Crippen LogP contribution in [0.25, 0.3) is 0 Å². The topological polar surface area (TPSA) is 98.0 Å². The second-order valence-electron chi connectivity index (χ2n) is 2.79. The van der Waals surface area contributed by atoms with Crippen LogP contribution < -0.4 is 10.5 Å². The van der Waals surface area contributed by atoms with E-state index in [0.29, 0.717) is 11.3 Å². The van der Waals surface area contributed by atoms with Gasteiger partial charge in [0.05, 0.1) is 6.54 Å². The molecule has 1 aromatic rings. The van der Waals surface area contributed by atoms with Gasteiger partial charge in [0.2, 0.25) is 9.47 Å². The van der Waals surface area contributed by atoms with Crippen molar-refractivity contribution >= 4 is 26.5 Å². The smallest absolute Gasteiger partial charge is 0.320 e. The molecule has 1 heterocycles. The molecule has 0 fully saturated rings. The fourth-order valence-electron chi connectivity index (χ4n) is 0.659. The average molecular weight is 294 g/mol. The van der Waals surface area contributed by atoms with E-state index in [1.165, 1.54) is 4.72 Å². The molecule has 0 aliphatic heterocycles. The van der Waals surface area contributed by atoms with E-state index in [4.69, 9.17) is 5.73 Å². The van der Waals surface area contributed by atoms with Crippen molar-refractivity contribution in [1.29, 1.82) is 0 Å². The number of sulfonamides is 1. The summed E-state index contributed by atoms with van der Waals surface area (Å²) in [5, 5.41) is 6.06. The van der Waals surface area contributed by atoms with Crippen LogP contribution in [0.15, 0.2) is 4.34 Å². The molecule has 0 bridgehead atoms. The van der Waals surface area contributed by atoms with Crippen LogP contribution in [-0.2, 0) is 10.0 Å². The highest BCUT2D eigenvalue weighted by molar-refractivity contribution is 7.91. The van der Waals surface area contributed by atoms with Crippen molar-refractivity contribution in [3.8, 4) is 0 Å². The Hall–Kier alpha value is -1.01. The number of aromatic nitrogens is 2. The Kier molecular flexibility index (Phi) is 3.88. The lowest BCUT2D eigenvalue weighted by molar-refractivity contribution is -0.122. The lowest BCUT2D eigenvalue weighted by Crippen LogP contribution is -2.41. The minimum absolute atomic E-state index is 0.189. The number of hydrogen-bond acceptors (Lipinski definition) is 6. The van der Waals surface area contributed by atoms with Gasteiger partial charge in [0, 0.05) is 0 Å². The summed E-state index contributed by atoms with van der Waals surface area (Å²) in [6.07, 6.45) is -3.97. The molecule has 1 rings (SSSR count). The monoisotopic (exact) mass is 294 g/mol. The van der Waals surface area contributed by atoms with Crippen molar-refractivity contribution in [2.45, 2.75) is 16.7 Å². The highest BCUT2D eigenvalue weighted by atomic mass is 32.2. The largest absolute Gasteiger partial charge is 0.374 e. The summed E-state index contributed by atoms with van der Waals surface area (Å²) in [5.74, 6) is -4.46. The van der Waals surface area contributed by atoms with E-state index in [9.17, 15) is 26.0 Å². The molecule has 0 amide bonds. The standard InChI is InChI=1S/C5H6F4N4O2S2/c6-2(7)5(8,9)1-11-17(14,15)4-13-12-3(10)16-4/h2,11H,1H2,(H2,10,12). The molecule has 12 heteroatoms. The van der Waals surface area contributed by atoms with Crippen molar-refractivity contribution in [1.82, 2.24) is 14.9 Å². The first-order chi connectivity index (χ1) is 7.65. The fourth-order valence-corrected chi connectivity index (χ4v) is 2.53. The summed E-state index contributed by atoms with van der Waals surface area (Å²) < 4.78 is 71.6. The molecular weight excluding hydrogens is 288 g/mol. The van der Waals surface area contributed by atoms with Gasteiger partial charge >= 0.3 is 12.3 Å². The van der Waals surface area contributed by atoms with Crippen LogP contribution in [0.3, 0.4) is 0 Å². The third kappa shape index (κ3) is 3.47. The van der Waals surface area contributed by atoms with Crippen LogP contribution in [0.1, 0.15) is 0 Å². The summed E-state index contributed by atoms with van der Waals surface area (Å²) >= 11 is 0.426. The molecule has 1 aromatic heterocycles. The maximum Gasteiger partial charge on any atom is 0.320 e. The van der Waals surface area contributed by atoms with Gasteiger partial charge in [-0.2, -0.15) is 8.78 Å². The normalized spacial score (nSPS) is 13.2. The van der Waals surface area contributed by atoms with E-state index >= 15 is 0 Å². The average Bonchev–Trinajstić information content (AvgIpc) is 2.63. The van der Waals surface area contributed by atoms with Gasteiger partial charge in [-0.25, -0.2) is 21.9 Å². The van der Waals surface area contributed by atoms with Crippen LogP contribution in [0, 0.1) is 0 Å². The molecule has 0 saturated heterocycles. The predicted molar refractivity (Wildman–Crippen MR) is 50.5 cm³/mol. The maximum absolute atomic E-state index is 12.5. The summed E-state index contributed by atoms with van der Waals surface area (Å²) in [7, 11) is -4.40. The lowest BCUT2D eigenvalue weighted by atomic mass is 10.4. The molecule has 0 saturated carbocycles. The number of nitrogens with zero attached hydrogens (tertiary/aromatic N) is 2. The molecule has 0 unspecified atom stereocenters. The second-order valence-corrected chi connectivity index (χ2v) is 5.74. The van der Waals surface area contributed by atoms with Gasteiger partial charge in [0.15, 0.2) is 0 Å². The van der Waals surface area contributed by atoms with Crippen molar-refractivity contribution < 1.29 is 26.0 Å². The van der Waals surface area contributed by atoms with E-state index in [-0.39, 0.29) is 5.13 Å². The Morgan fingerprint density at radius 3 is 2.41 bits per heavy atom. The fraction of sp³-hybridized carbons (Fsp3) is 0.600. The van der Waals surface area contributed by atoms with Crippen LogP contribution in [0.2, 0.25) is 0 Å². The van der Waals surface area contributed by atoms with Crippen molar-refractivity contribution in [3.63, 3.8) is 0 Å². The molecule has 0 aliphatic rings. The minimum Gasteiger partial charge on any atom is -0.374 e. The van der Waals surface area contributed by atoms with Crippen LogP contribution in [0.5, 0.6) is 0 Å². The number of nitrogen functional groups attached to an aromatic ring is 1. The molecule has 0 aromatic carbocycles. The Bertz CT molecular complexity index is 488. The zero-order valence-corrected chi connectivity index (χ0v) is 9.53. The number of halogens is 4. The number of hydrogen-bond donors (Lipinski definition) is 2. The van der Waals surface area contributed by atoms with Gasteiger partial charge in [0.1, 0.15) is 0 Å². The zero-order chi connectivity index (χ0) is 13.3. The van der Waals surface area contributed by atoms with Crippen molar-refractivity contribution in [3.05, 3.63) is 0 Å². The predicted octanol–water partition coefficient (Wildman–Crippen LogP) is 0.299. The van der Waals surface area contributed by atoms with E-state index in [2.05, 4.69) is 10.2 Å². The highest BCUT2D eigenvalue weighted by Gasteiger charge is 2.42. The quantitative estimate of drug-likeness (QED) is 0.761. The molecule has 17 heavy (non-hydrogen) atoms. The Labute approximate surface area is 96.9 Å². The minimum atomic E-state index is -4.46. The summed E-state index contributed by atoms with van der Waals surface area (Å²) in [5.41, 5.74) is 5.09. The molecule has 0 radical (unpaired) electrons. The molecule has 0 atom stereocenters. The Morgan fingerprint density at radius 1 is 1.41 bits per heavy atom. The van der Waals surface area contributed by atoms with E-state index in [0.717, 1.165) is 0 Å². The molecule has 6 nitrogen and oxygen atoms in total. The van der Waals surface area contributed by atoms with E-state index in [1.54, 1.807) is 0 Å². The van der Waals surface area contributed by atoms with Crippen molar-refractivity contribution in [2.75, 3.05) is 12.3 Å². The Balaban J connectivity index is 2.76. The molecular formula is C5H6F4N4O2S2. The number of anilines is 1. The van der Waals surface area contributed by atoms with Gasteiger partial charge < -0.3 is 5.73 Å². The summed E-state index contributed by atoms with van der Waals surface area (Å²) in [6.45, 7) is -1.73. The zero-order valence-electron chi connectivity index (χ0n) is 7.90. The van der Waals surface area contributed by atoms with Gasteiger partial charge in [0.25, 0.3) is 10.0 Å². The third-order valence-electron chi connectivity index (χ3n) is 1.47. The van der Waals surface area contributed by atoms with Gasteiger partial charge in [-0.1, -0.05) is 11.3 Å². The van der Waals surface area contributed by atoms with Crippen LogP contribution >= 0.6 is 11.3 Å². The number of alkyl halides is 4. The molecule has 98 valence electrons. The summed E-state index contributed by atoms with van der Waals surface area (Å²) in [4.78, 5) is 0. The first kappa shape index (κ1) is 14.1. The van der Waals surface area contributed by atoms with E-state index < -0.39 is 33.3 Å². The molecule has 0 aliphatic carbocycles. The Morgan fingerprint density at radius 2 is 2.00 bits per heavy atom. The maximum atomic E-state index is 12.5. The van der Waals surface area contributed by atoms with Crippen molar-refractivity contribution in [2.24, 2.45) is 0 Å². The molecule has 3 N–H and O–H groups in total. The van der Waals surface area contributed by atoms with E-state index in [1.807, 2.05) is 0 Å². The molecule has 0 spiro atoms. The van der Waals surface area contributed by atoms with Gasteiger partial charge in [-0.15, -0.1) is 10.2 Å². The SMILES string of the molecule is Nc1nnc(S(=O)(=O)NCC(F)(F)C(F)F)s1. The first-order valence-corrected chi connectivity index (χ1v) is 6.20. The lowest BCUT2D eigenvalue weighted by Gasteiger charge is -2.14. The highest BCUT2D eigenvalue weighted by Crippen LogP contribution is 2.23. The first-order valence-electron chi connectivity index (χ1n) is 3.90. The number of rotatable bonds is 5. The van der Waals surface area contributed by atoms with Gasteiger partial charge in [-0.3, -0.25) is 0 Å². The number of nitrogens with one attached hydrogen (secondary N) is 1. The second kappa shape index (κ2) is 4.70. The van der Waals surface area contributed by atoms with Crippen LogP contribution in [-0.4, -0.2) is 37.5 Å². The van der Waals surface area contributed by atoms with Crippen LogP contribution in [0.4, 0.5) is 22.7 Å². The third-order valence-corrected chi connectivity index (χ3v) is 3.99. The van der Waals surface area contributed by atoms with Gasteiger partial charge in [-0.05, 0) is 0 Å². The summed E-state index contributed by atoms with van der Waals surface area (Å²) in [6, 6.07) is 0. The number of nitrogens with two attached hydrogens (primary N) is 1.